The Morgan fingerprint density at radius 1 is 1.12 bits per heavy atom. The standard InChI is InChI=1S/C16H22N4O3S/c1-19-7-2-3-11-10-20(8-6-15(11)19)24(22,23)12-4-5-13-14(9-12)18-16(21)17-13/h4-5,9,11,15H,2-3,6-8,10H2,1H3,(H2,17,18,21). The molecule has 2 fully saturated rings. The molecular formula is C16H22N4O3S. The molecule has 1 aromatic heterocycles. The maximum atomic E-state index is 13.0. The second-order valence-electron chi connectivity index (χ2n) is 6.89. The van der Waals surface area contributed by atoms with Crippen LogP contribution < -0.4 is 5.69 Å². The molecule has 0 saturated carbocycles. The van der Waals surface area contributed by atoms with E-state index in [9.17, 15) is 13.2 Å². The summed E-state index contributed by atoms with van der Waals surface area (Å²) in [4.78, 5) is 19.2. The van der Waals surface area contributed by atoms with Gasteiger partial charge in [0.05, 0.1) is 15.9 Å². The molecule has 0 amide bonds. The number of aromatic amines is 2. The molecule has 2 atom stereocenters. The maximum absolute atomic E-state index is 13.0. The first-order valence-electron chi connectivity index (χ1n) is 8.37. The van der Waals surface area contributed by atoms with Gasteiger partial charge in [-0.3, -0.25) is 0 Å². The molecule has 2 aliphatic rings. The summed E-state index contributed by atoms with van der Waals surface area (Å²) >= 11 is 0. The van der Waals surface area contributed by atoms with Crippen LogP contribution in [0.15, 0.2) is 27.9 Å². The van der Waals surface area contributed by atoms with Crippen molar-refractivity contribution in [2.75, 3.05) is 26.7 Å². The Labute approximate surface area is 140 Å². The van der Waals surface area contributed by atoms with E-state index in [4.69, 9.17) is 0 Å². The second-order valence-corrected chi connectivity index (χ2v) is 8.83. The Balaban J connectivity index is 1.63. The van der Waals surface area contributed by atoms with E-state index in [0.29, 0.717) is 36.1 Å². The second kappa shape index (κ2) is 5.72. The van der Waals surface area contributed by atoms with Crippen LogP contribution in [0.3, 0.4) is 0 Å². The summed E-state index contributed by atoms with van der Waals surface area (Å²) in [5, 5.41) is 0. The molecule has 0 spiro atoms. The van der Waals surface area contributed by atoms with Gasteiger partial charge in [-0.2, -0.15) is 4.31 Å². The topological polar surface area (TPSA) is 89.3 Å². The van der Waals surface area contributed by atoms with Gasteiger partial charge < -0.3 is 14.9 Å². The summed E-state index contributed by atoms with van der Waals surface area (Å²) in [6, 6.07) is 5.25. The number of hydrogen-bond acceptors (Lipinski definition) is 4. The molecule has 2 aliphatic heterocycles. The Morgan fingerprint density at radius 2 is 1.92 bits per heavy atom. The number of fused-ring (bicyclic) bond motifs is 2. The summed E-state index contributed by atoms with van der Waals surface area (Å²) in [6.07, 6.45) is 3.09. The van der Waals surface area contributed by atoms with Crippen molar-refractivity contribution < 1.29 is 8.42 Å². The van der Waals surface area contributed by atoms with Crippen LogP contribution in [0.25, 0.3) is 11.0 Å². The molecule has 0 bridgehead atoms. The molecule has 130 valence electrons. The molecule has 8 heteroatoms. The number of aromatic nitrogens is 2. The highest BCUT2D eigenvalue weighted by Crippen LogP contribution is 2.32. The fourth-order valence-electron chi connectivity index (χ4n) is 4.16. The van der Waals surface area contributed by atoms with Crippen LogP contribution in [0.1, 0.15) is 19.3 Å². The van der Waals surface area contributed by atoms with Crippen molar-refractivity contribution in [2.45, 2.75) is 30.2 Å². The van der Waals surface area contributed by atoms with Gasteiger partial charge in [-0.1, -0.05) is 0 Å². The van der Waals surface area contributed by atoms with Gasteiger partial charge in [-0.05, 0) is 57.0 Å². The van der Waals surface area contributed by atoms with E-state index in [1.165, 1.54) is 0 Å². The van der Waals surface area contributed by atoms with E-state index < -0.39 is 10.0 Å². The van der Waals surface area contributed by atoms with Crippen molar-refractivity contribution in [3.63, 3.8) is 0 Å². The monoisotopic (exact) mass is 350 g/mol. The quantitative estimate of drug-likeness (QED) is 0.844. The first kappa shape index (κ1) is 15.9. The summed E-state index contributed by atoms with van der Waals surface area (Å²) in [5.41, 5.74) is 0.811. The fourth-order valence-corrected chi connectivity index (χ4v) is 5.70. The van der Waals surface area contributed by atoms with E-state index in [0.717, 1.165) is 25.8 Å². The first-order chi connectivity index (χ1) is 11.4. The molecule has 1 aromatic carbocycles. The Morgan fingerprint density at radius 3 is 2.75 bits per heavy atom. The van der Waals surface area contributed by atoms with E-state index in [2.05, 4.69) is 21.9 Å². The lowest BCUT2D eigenvalue weighted by Gasteiger charge is -2.45. The smallest absolute Gasteiger partial charge is 0.306 e. The van der Waals surface area contributed by atoms with E-state index in [-0.39, 0.29) is 10.6 Å². The SMILES string of the molecule is CN1CCCC2CN(S(=O)(=O)c3ccc4[nH]c(=O)[nH]c4c3)CCC21. The number of H-pyrrole nitrogens is 2. The Hall–Kier alpha value is -1.64. The molecule has 0 aliphatic carbocycles. The lowest BCUT2D eigenvalue weighted by Crippen LogP contribution is -2.53. The van der Waals surface area contributed by atoms with Crippen molar-refractivity contribution in [2.24, 2.45) is 5.92 Å². The number of nitrogens with one attached hydrogen (secondary N) is 2. The minimum Gasteiger partial charge on any atom is -0.306 e. The average Bonchev–Trinajstić information content (AvgIpc) is 2.94. The number of likely N-dealkylation sites (tertiary alicyclic amines) is 1. The van der Waals surface area contributed by atoms with E-state index in [1.807, 2.05) is 0 Å². The molecule has 2 unspecified atom stereocenters. The molecule has 2 N–H and O–H groups in total. The zero-order valence-electron chi connectivity index (χ0n) is 13.7. The Kier molecular flexibility index (Phi) is 3.78. The zero-order chi connectivity index (χ0) is 16.9. The average molecular weight is 350 g/mol. The largest absolute Gasteiger partial charge is 0.323 e. The maximum Gasteiger partial charge on any atom is 0.323 e. The summed E-state index contributed by atoms with van der Waals surface area (Å²) < 4.78 is 27.6. The number of sulfonamides is 1. The predicted octanol–water partition coefficient (Wildman–Crippen LogP) is 0.961. The number of rotatable bonds is 2. The van der Waals surface area contributed by atoms with Crippen LogP contribution in [-0.4, -0.2) is 60.3 Å². The molecule has 2 saturated heterocycles. The molecule has 0 radical (unpaired) electrons. The fraction of sp³-hybridized carbons (Fsp3) is 0.562. The first-order valence-corrected chi connectivity index (χ1v) is 9.81. The Bertz CT molecular complexity index is 917. The van der Waals surface area contributed by atoms with Gasteiger partial charge in [0.25, 0.3) is 0 Å². The summed E-state index contributed by atoms with van der Waals surface area (Å²) in [5.74, 6) is 0.406. The molecule has 24 heavy (non-hydrogen) atoms. The third kappa shape index (κ3) is 2.58. The van der Waals surface area contributed by atoms with Crippen molar-refractivity contribution in [1.82, 2.24) is 19.2 Å². The predicted molar refractivity (Wildman–Crippen MR) is 91.4 cm³/mol. The zero-order valence-corrected chi connectivity index (χ0v) is 14.5. The van der Waals surface area contributed by atoms with Gasteiger partial charge >= 0.3 is 5.69 Å². The minimum absolute atomic E-state index is 0.243. The van der Waals surface area contributed by atoms with Crippen molar-refractivity contribution >= 4 is 21.1 Å². The van der Waals surface area contributed by atoms with Crippen LogP contribution in [0.4, 0.5) is 0 Å². The number of benzene rings is 1. The van der Waals surface area contributed by atoms with Gasteiger partial charge in [0.15, 0.2) is 0 Å². The molecule has 3 heterocycles. The number of hydrogen-bond donors (Lipinski definition) is 2. The highest BCUT2D eigenvalue weighted by atomic mass is 32.2. The van der Waals surface area contributed by atoms with Crippen molar-refractivity contribution in [3.05, 3.63) is 28.7 Å². The van der Waals surface area contributed by atoms with Gasteiger partial charge in [0.2, 0.25) is 10.0 Å². The highest BCUT2D eigenvalue weighted by Gasteiger charge is 2.38. The normalized spacial score (nSPS) is 26.5. The number of imidazole rings is 1. The van der Waals surface area contributed by atoms with Crippen LogP contribution in [0, 0.1) is 5.92 Å². The number of piperidine rings is 2. The van der Waals surface area contributed by atoms with E-state index in [1.54, 1.807) is 22.5 Å². The minimum atomic E-state index is -3.53. The van der Waals surface area contributed by atoms with Gasteiger partial charge in [-0.25, -0.2) is 13.2 Å². The van der Waals surface area contributed by atoms with Gasteiger partial charge in [0.1, 0.15) is 0 Å². The third-order valence-corrected chi connectivity index (χ3v) is 7.29. The number of nitrogens with zero attached hydrogens (tertiary/aromatic N) is 2. The van der Waals surface area contributed by atoms with Crippen molar-refractivity contribution in [3.8, 4) is 0 Å². The van der Waals surface area contributed by atoms with Crippen LogP contribution in [0.5, 0.6) is 0 Å². The molecular weight excluding hydrogens is 328 g/mol. The highest BCUT2D eigenvalue weighted by molar-refractivity contribution is 7.89. The van der Waals surface area contributed by atoms with Crippen LogP contribution in [-0.2, 0) is 10.0 Å². The lowest BCUT2D eigenvalue weighted by atomic mass is 9.85. The molecule has 4 rings (SSSR count). The van der Waals surface area contributed by atoms with Gasteiger partial charge in [-0.15, -0.1) is 0 Å². The third-order valence-electron chi connectivity index (χ3n) is 5.43. The summed E-state index contributed by atoms with van der Waals surface area (Å²) in [6.45, 7) is 2.24. The van der Waals surface area contributed by atoms with Crippen LogP contribution in [0.2, 0.25) is 0 Å². The van der Waals surface area contributed by atoms with Crippen LogP contribution >= 0.6 is 0 Å². The van der Waals surface area contributed by atoms with E-state index >= 15 is 0 Å². The molecule has 2 aromatic rings. The summed E-state index contributed by atoms with van der Waals surface area (Å²) in [7, 11) is -1.40. The van der Waals surface area contributed by atoms with Crippen molar-refractivity contribution in [1.29, 1.82) is 0 Å². The lowest BCUT2D eigenvalue weighted by molar-refractivity contribution is 0.0671. The van der Waals surface area contributed by atoms with Gasteiger partial charge in [0, 0.05) is 19.1 Å². The molecule has 7 nitrogen and oxygen atoms in total.